The Bertz CT molecular complexity index is 430. The maximum Gasteiger partial charge on any atom is 0.307 e. The maximum atomic E-state index is 11.6. The fourth-order valence-corrected chi connectivity index (χ4v) is 2.75. The molecule has 0 spiro atoms. The molecule has 0 saturated heterocycles. The van der Waals surface area contributed by atoms with Gasteiger partial charge >= 0.3 is 5.97 Å². The van der Waals surface area contributed by atoms with E-state index in [1.807, 2.05) is 6.26 Å². The maximum absolute atomic E-state index is 11.6. The van der Waals surface area contributed by atoms with Gasteiger partial charge in [0, 0.05) is 17.6 Å². The van der Waals surface area contributed by atoms with Crippen LogP contribution in [0.5, 0.6) is 0 Å². The summed E-state index contributed by atoms with van der Waals surface area (Å²) in [4.78, 5) is 26.6. The second kappa shape index (κ2) is 8.16. The molecule has 1 atom stereocenters. The Morgan fingerprint density at radius 1 is 1.58 bits per heavy atom. The van der Waals surface area contributed by atoms with E-state index in [0.29, 0.717) is 22.5 Å². The molecule has 5 nitrogen and oxygen atoms in total. The molecule has 19 heavy (non-hydrogen) atoms. The van der Waals surface area contributed by atoms with Gasteiger partial charge in [0.1, 0.15) is 6.61 Å². The van der Waals surface area contributed by atoms with Gasteiger partial charge in [0.2, 0.25) is 5.91 Å². The number of rotatable bonds is 7. The molecular weight excluding hydrogens is 284 g/mol. The molecule has 0 unspecified atom stereocenters. The number of carbonyl (C=O) groups is 2. The van der Waals surface area contributed by atoms with E-state index < -0.39 is 0 Å². The van der Waals surface area contributed by atoms with E-state index in [2.05, 4.69) is 17.2 Å². The first-order valence-corrected chi connectivity index (χ1v) is 8.12. The van der Waals surface area contributed by atoms with Crippen LogP contribution in [0, 0.1) is 0 Å². The largest absolute Gasteiger partial charge is 0.459 e. The van der Waals surface area contributed by atoms with E-state index in [4.69, 9.17) is 4.74 Å². The molecule has 0 fully saturated rings. The lowest BCUT2D eigenvalue weighted by Crippen LogP contribution is -2.12. The van der Waals surface area contributed by atoms with Gasteiger partial charge in [0.25, 0.3) is 0 Å². The first kappa shape index (κ1) is 16.0. The summed E-state index contributed by atoms with van der Waals surface area (Å²) in [5.74, 6) is -0.376. The van der Waals surface area contributed by atoms with E-state index in [1.165, 1.54) is 18.3 Å². The summed E-state index contributed by atoms with van der Waals surface area (Å²) in [6, 6.07) is 0. The average Bonchev–Trinajstić information content (AvgIpc) is 2.80. The lowest BCUT2D eigenvalue weighted by molar-refractivity contribution is -0.145. The lowest BCUT2D eigenvalue weighted by Gasteiger charge is -2.10. The van der Waals surface area contributed by atoms with Crippen LogP contribution in [0.1, 0.15) is 32.4 Å². The Hall–Kier alpha value is -1.08. The molecule has 0 saturated carbocycles. The van der Waals surface area contributed by atoms with Crippen LogP contribution in [0.3, 0.4) is 0 Å². The number of hydrogen-bond acceptors (Lipinski definition) is 6. The van der Waals surface area contributed by atoms with Gasteiger partial charge in [-0.2, -0.15) is 11.8 Å². The zero-order valence-corrected chi connectivity index (χ0v) is 12.9. The summed E-state index contributed by atoms with van der Waals surface area (Å²) in [6.45, 7) is 3.63. The van der Waals surface area contributed by atoms with Crippen molar-refractivity contribution >= 4 is 40.1 Å². The van der Waals surface area contributed by atoms with Crippen LogP contribution in [-0.2, 0) is 20.9 Å². The molecule has 0 aliphatic rings. The van der Waals surface area contributed by atoms with Crippen molar-refractivity contribution in [1.29, 1.82) is 0 Å². The third kappa shape index (κ3) is 6.07. The highest BCUT2D eigenvalue weighted by atomic mass is 32.2. The summed E-state index contributed by atoms with van der Waals surface area (Å²) in [5, 5.41) is 5.18. The van der Waals surface area contributed by atoms with Gasteiger partial charge in [0.05, 0.1) is 12.1 Å². The molecule has 0 aliphatic heterocycles. The molecule has 0 aliphatic carbocycles. The van der Waals surface area contributed by atoms with Gasteiger partial charge in [-0.15, -0.1) is 11.3 Å². The normalized spacial score (nSPS) is 11.9. The fourth-order valence-electron chi connectivity index (χ4n) is 1.37. The average molecular weight is 302 g/mol. The number of esters is 1. The summed E-state index contributed by atoms with van der Waals surface area (Å²) < 4.78 is 5.16. The molecule has 7 heteroatoms. The molecular formula is C12H18N2O3S2. The number of ether oxygens (including phenoxy) is 1. The van der Waals surface area contributed by atoms with Crippen molar-refractivity contribution in [2.75, 3.05) is 11.6 Å². The van der Waals surface area contributed by atoms with Gasteiger partial charge in [-0.05, 0) is 12.7 Å². The molecule has 1 aromatic rings. The van der Waals surface area contributed by atoms with E-state index in [1.54, 1.807) is 17.1 Å². The Morgan fingerprint density at radius 2 is 2.32 bits per heavy atom. The number of aromatic nitrogens is 1. The van der Waals surface area contributed by atoms with E-state index >= 15 is 0 Å². The van der Waals surface area contributed by atoms with Crippen LogP contribution in [0.25, 0.3) is 0 Å². The zero-order valence-electron chi connectivity index (χ0n) is 11.3. The molecule has 0 radical (unpaired) electrons. The molecule has 1 heterocycles. The van der Waals surface area contributed by atoms with Crippen molar-refractivity contribution in [1.82, 2.24) is 4.98 Å². The summed E-state index contributed by atoms with van der Waals surface area (Å²) in [7, 11) is 0. The Labute approximate surface area is 121 Å². The van der Waals surface area contributed by atoms with Crippen molar-refractivity contribution in [3.05, 3.63) is 11.1 Å². The number of thiazole rings is 1. The van der Waals surface area contributed by atoms with Crippen LogP contribution in [0.2, 0.25) is 0 Å². The molecule has 0 aromatic carbocycles. The third-order valence-corrected chi connectivity index (χ3v) is 4.37. The number of hydrogen-bond donors (Lipinski definition) is 1. The van der Waals surface area contributed by atoms with E-state index in [0.717, 1.165) is 6.42 Å². The molecule has 1 rings (SSSR count). The van der Waals surface area contributed by atoms with Crippen molar-refractivity contribution in [2.24, 2.45) is 0 Å². The Kier molecular flexibility index (Phi) is 6.86. The van der Waals surface area contributed by atoms with Crippen LogP contribution in [0.4, 0.5) is 5.13 Å². The van der Waals surface area contributed by atoms with Crippen molar-refractivity contribution in [3.63, 3.8) is 0 Å². The van der Waals surface area contributed by atoms with Crippen LogP contribution in [0.15, 0.2) is 5.38 Å². The highest BCUT2D eigenvalue weighted by Crippen LogP contribution is 2.18. The first-order valence-electron chi connectivity index (χ1n) is 5.95. The predicted molar refractivity (Wildman–Crippen MR) is 78.4 cm³/mol. The lowest BCUT2D eigenvalue weighted by atomic mass is 10.2. The highest BCUT2D eigenvalue weighted by Gasteiger charge is 2.13. The van der Waals surface area contributed by atoms with Crippen LogP contribution < -0.4 is 5.32 Å². The minimum atomic E-state index is -0.213. The van der Waals surface area contributed by atoms with Crippen LogP contribution in [-0.4, -0.2) is 28.4 Å². The SMILES string of the molecule is CC[C@H](CC(=O)OCc1csc(NC(C)=O)n1)SC. The van der Waals surface area contributed by atoms with Gasteiger partial charge in [-0.3, -0.25) is 9.59 Å². The van der Waals surface area contributed by atoms with Gasteiger partial charge in [-0.25, -0.2) is 4.98 Å². The van der Waals surface area contributed by atoms with Crippen molar-refractivity contribution in [2.45, 2.75) is 38.5 Å². The molecule has 0 bridgehead atoms. The minimum absolute atomic E-state index is 0.153. The van der Waals surface area contributed by atoms with Gasteiger partial charge in [-0.1, -0.05) is 6.92 Å². The molecule has 106 valence electrons. The van der Waals surface area contributed by atoms with Gasteiger partial charge < -0.3 is 10.1 Å². The number of thioether (sulfide) groups is 1. The Morgan fingerprint density at radius 3 is 2.89 bits per heavy atom. The zero-order chi connectivity index (χ0) is 14.3. The van der Waals surface area contributed by atoms with Crippen molar-refractivity contribution in [3.8, 4) is 0 Å². The number of anilines is 1. The first-order chi connectivity index (χ1) is 9.05. The van der Waals surface area contributed by atoms with E-state index in [-0.39, 0.29) is 18.5 Å². The summed E-state index contributed by atoms with van der Waals surface area (Å²) in [6.07, 6.45) is 3.35. The monoisotopic (exact) mass is 302 g/mol. The molecule has 1 N–H and O–H groups in total. The Balaban J connectivity index is 2.37. The second-order valence-corrected chi connectivity index (χ2v) is 5.95. The fraction of sp³-hybridized carbons (Fsp3) is 0.583. The number of nitrogens with zero attached hydrogens (tertiary/aromatic N) is 1. The van der Waals surface area contributed by atoms with E-state index in [9.17, 15) is 9.59 Å². The number of nitrogens with one attached hydrogen (secondary N) is 1. The third-order valence-electron chi connectivity index (χ3n) is 2.40. The second-order valence-electron chi connectivity index (χ2n) is 3.96. The molecule has 1 aromatic heterocycles. The predicted octanol–water partition coefficient (Wildman–Crippen LogP) is 2.68. The highest BCUT2D eigenvalue weighted by molar-refractivity contribution is 7.99. The van der Waals surface area contributed by atoms with Crippen LogP contribution >= 0.6 is 23.1 Å². The summed E-state index contributed by atoms with van der Waals surface area (Å²) in [5.41, 5.74) is 0.652. The summed E-state index contributed by atoms with van der Waals surface area (Å²) >= 11 is 2.98. The quantitative estimate of drug-likeness (QED) is 0.784. The van der Waals surface area contributed by atoms with Crippen molar-refractivity contribution < 1.29 is 14.3 Å². The standard InChI is InChI=1S/C12H18N2O3S2/c1-4-10(18-3)5-11(16)17-6-9-7-19-12(14-9)13-8(2)15/h7,10H,4-6H2,1-3H3,(H,13,14,15)/t10-/m1/s1. The number of amides is 1. The van der Waals surface area contributed by atoms with Gasteiger partial charge in [0.15, 0.2) is 5.13 Å². The minimum Gasteiger partial charge on any atom is -0.459 e. The topological polar surface area (TPSA) is 68.3 Å². The molecule has 1 amide bonds. The smallest absolute Gasteiger partial charge is 0.307 e. The number of carbonyl (C=O) groups excluding carboxylic acids is 2.